The minimum atomic E-state index is 0.757. The molecular formula is C17H26N4. The molecule has 0 amide bonds. The molecule has 1 saturated heterocycles. The van der Waals surface area contributed by atoms with Crippen LogP contribution in [0.4, 0.5) is 0 Å². The van der Waals surface area contributed by atoms with Crippen molar-refractivity contribution in [1.82, 2.24) is 15.5 Å². The van der Waals surface area contributed by atoms with Crippen molar-refractivity contribution in [2.24, 2.45) is 10.9 Å². The van der Waals surface area contributed by atoms with Gasteiger partial charge in [-0.15, -0.1) is 0 Å². The summed E-state index contributed by atoms with van der Waals surface area (Å²) in [6.45, 7) is 6.70. The zero-order chi connectivity index (χ0) is 14.3. The van der Waals surface area contributed by atoms with Gasteiger partial charge in [0, 0.05) is 32.7 Å². The summed E-state index contributed by atoms with van der Waals surface area (Å²) in [7, 11) is 0. The van der Waals surface area contributed by atoms with Crippen molar-refractivity contribution in [1.29, 1.82) is 0 Å². The molecule has 2 aliphatic rings. The molecule has 4 heteroatoms. The smallest absolute Gasteiger partial charge is 0.191 e. The van der Waals surface area contributed by atoms with E-state index in [4.69, 9.17) is 0 Å². The first-order valence-electron chi connectivity index (χ1n) is 8.18. The van der Waals surface area contributed by atoms with Gasteiger partial charge in [0.2, 0.25) is 0 Å². The topological polar surface area (TPSA) is 39.7 Å². The summed E-state index contributed by atoms with van der Waals surface area (Å²) in [5.41, 5.74) is 1.44. The number of benzene rings is 1. The first-order chi connectivity index (χ1) is 10.4. The Hall–Kier alpha value is -1.55. The predicted octanol–water partition coefficient (Wildman–Crippen LogP) is 1.49. The molecule has 1 fully saturated rings. The van der Waals surface area contributed by atoms with Gasteiger partial charge in [-0.25, -0.2) is 0 Å². The maximum absolute atomic E-state index is 4.47. The number of nitrogens with zero attached hydrogens (tertiary/aromatic N) is 2. The molecule has 4 nitrogen and oxygen atoms in total. The molecule has 21 heavy (non-hydrogen) atoms. The van der Waals surface area contributed by atoms with Gasteiger partial charge >= 0.3 is 0 Å². The summed E-state index contributed by atoms with van der Waals surface area (Å²) in [5.74, 6) is 1.76. The Kier molecular flexibility index (Phi) is 5.11. The Morgan fingerprint density at radius 3 is 3.00 bits per heavy atom. The first-order valence-corrected chi connectivity index (χ1v) is 8.18. The second kappa shape index (κ2) is 7.46. The van der Waals surface area contributed by atoms with E-state index in [1.54, 1.807) is 0 Å². The lowest BCUT2D eigenvalue weighted by atomic mass is 10.1. The number of likely N-dealkylation sites (tertiary alicyclic amines) is 1. The van der Waals surface area contributed by atoms with Gasteiger partial charge in [0.25, 0.3) is 0 Å². The van der Waals surface area contributed by atoms with Crippen LogP contribution in [0.1, 0.15) is 18.4 Å². The molecule has 1 aromatic rings. The Balaban J connectivity index is 1.36. The highest BCUT2D eigenvalue weighted by Crippen LogP contribution is 2.16. The lowest BCUT2D eigenvalue weighted by Gasteiger charge is -2.19. The highest BCUT2D eigenvalue weighted by molar-refractivity contribution is 5.80. The highest BCUT2D eigenvalue weighted by Gasteiger charge is 2.22. The van der Waals surface area contributed by atoms with Crippen molar-refractivity contribution in [3.63, 3.8) is 0 Å². The van der Waals surface area contributed by atoms with Crippen LogP contribution in [-0.4, -0.2) is 50.1 Å². The molecule has 0 aromatic heterocycles. The van der Waals surface area contributed by atoms with Crippen LogP contribution < -0.4 is 10.6 Å². The third-order valence-electron chi connectivity index (χ3n) is 4.38. The Morgan fingerprint density at radius 1 is 1.29 bits per heavy atom. The monoisotopic (exact) mass is 286 g/mol. The second-order valence-electron chi connectivity index (χ2n) is 6.08. The van der Waals surface area contributed by atoms with Crippen LogP contribution in [0.25, 0.3) is 0 Å². The third kappa shape index (κ3) is 4.46. The predicted molar refractivity (Wildman–Crippen MR) is 87.6 cm³/mol. The van der Waals surface area contributed by atoms with E-state index in [2.05, 4.69) is 50.9 Å². The van der Waals surface area contributed by atoms with Crippen LogP contribution in [0.5, 0.6) is 0 Å². The Morgan fingerprint density at radius 2 is 2.19 bits per heavy atom. The van der Waals surface area contributed by atoms with E-state index >= 15 is 0 Å². The largest absolute Gasteiger partial charge is 0.356 e. The summed E-state index contributed by atoms with van der Waals surface area (Å²) in [5, 5.41) is 6.80. The fourth-order valence-corrected chi connectivity index (χ4v) is 3.11. The van der Waals surface area contributed by atoms with E-state index in [0.29, 0.717) is 0 Å². The van der Waals surface area contributed by atoms with E-state index in [9.17, 15) is 0 Å². The van der Waals surface area contributed by atoms with Gasteiger partial charge in [-0.1, -0.05) is 30.3 Å². The van der Waals surface area contributed by atoms with Crippen LogP contribution >= 0.6 is 0 Å². The Bertz CT molecular complexity index is 457. The van der Waals surface area contributed by atoms with E-state index in [1.165, 1.54) is 31.6 Å². The van der Waals surface area contributed by atoms with Crippen LogP contribution in [0, 0.1) is 5.92 Å². The third-order valence-corrected chi connectivity index (χ3v) is 4.38. The number of hydrogen-bond acceptors (Lipinski definition) is 4. The minimum absolute atomic E-state index is 0.757. The standard InChI is InChI=1S/C17H26N4/c1-2-5-15(6-3-1)7-11-21-12-8-16(14-21)13-20-17-18-9-4-10-19-17/h1-3,5-6,16H,4,7-14H2,(H2,18,19,20). The molecule has 0 saturated carbocycles. The molecule has 1 aromatic carbocycles. The fraction of sp³-hybridized carbons (Fsp3) is 0.588. The van der Waals surface area contributed by atoms with Crippen molar-refractivity contribution in [2.45, 2.75) is 19.3 Å². The van der Waals surface area contributed by atoms with Crippen LogP contribution in [0.2, 0.25) is 0 Å². The van der Waals surface area contributed by atoms with Crippen molar-refractivity contribution in [3.05, 3.63) is 35.9 Å². The quantitative estimate of drug-likeness (QED) is 0.861. The number of hydrogen-bond donors (Lipinski definition) is 2. The highest BCUT2D eigenvalue weighted by atomic mass is 15.2. The van der Waals surface area contributed by atoms with Crippen LogP contribution in [0.3, 0.4) is 0 Å². The van der Waals surface area contributed by atoms with Gasteiger partial charge in [-0.2, -0.15) is 0 Å². The molecule has 0 bridgehead atoms. The van der Waals surface area contributed by atoms with E-state index in [-0.39, 0.29) is 0 Å². The maximum Gasteiger partial charge on any atom is 0.191 e. The Labute approximate surface area is 127 Å². The lowest BCUT2D eigenvalue weighted by Crippen LogP contribution is -2.43. The van der Waals surface area contributed by atoms with Crippen molar-refractivity contribution < 1.29 is 0 Å². The second-order valence-corrected chi connectivity index (χ2v) is 6.08. The first kappa shape index (κ1) is 14.4. The van der Waals surface area contributed by atoms with Gasteiger partial charge in [-0.05, 0) is 37.3 Å². The summed E-state index contributed by atoms with van der Waals surface area (Å²) in [4.78, 5) is 7.06. The molecule has 0 aliphatic carbocycles. The molecular weight excluding hydrogens is 260 g/mol. The van der Waals surface area contributed by atoms with Crippen LogP contribution in [-0.2, 0) is 6.42 Å². The molecule has 114 valence electrons. The average Bonchev–Trinajstić information content (AvgIpc) is 3.01. The summed E-state index contributed by atoms with van der Waals surface area (Å²) in [6.07, 6.45) is 3.62. The van der Waals surface area contributed by atoms with E-state index < -0.39 is 0 Å². The fourth-order valence-electron chi connectivity index (χ4n) is 3.11. The van der Waals surface area contributed by atoms with E-state index in [1.807, 2.05) is 0 Å². The zero-order valence-corrected chi connectivity index (χ0v) is 12.7. The normalized spacial score (nSPS) is 22.7. The molecule has 0 spiro atoms. The van der Waals surface area contributed by atoms with Gasteiger partial charge in [0.1, 0.15) is 0 Å². The van der Waals surface area contributed by atoms with Gasteiger partial charge in [0.05, 0.1) is 0 Å². The summed E-state index contributed by atoms with van der Waals surface area (Å²) >= 11 is 0. The molecule has 1 atom stereocenters. The SMILES string of the molecule is c1ccc(CCN2CCC(CNC3=NCCCN3)C2)cc1. The zero-order valence-electron chi connectivity index (χ0n) is 12.7. The molecule has 2 heterocycles. The number of aliphatic imine (C=N–C) groups is 1. The maximum atomic E-state index is 4.47. The minimum Gasteiger partial charge on any atom is -0.356 e. The van der Waals surface area contributed by atoms with Gasteiger partial charge < -0.3 is 15.5 Å². The number of guanidine groups is 1. The molecule has 1 unspecified atom stereocenters. The van der Waals surface area contributed by atoms with Crippen LogP contribution in [0.15, 0.2) is 35.3 Å². The molecule has 2 N–H and O–H groups in total. The van der Waals surface area contributed by atoms with Gasteiger partial charge in [-0.3, -0.25) is 4.99 Å². The molecule has 0 radical (unpaired) electrons. The summed E-state index contributed by atoms with van der Waals surface area (Å²) < 4.78 is 0. The lowest BCUT2D eigenvalue weighted by molar-refractivity contribution is 0.328. The van der Waals surface area contributed by atoms with Crippen molar-refractivity contribution >= 4 is 5.96 Å². The molecule has 2 aliphatic heterocycles. The number of nitrogens with one attached hydrogen (secondary N) is 2. The van der Waals surface area contributed by atoms with Crippen molar-refractivity contribution in [3.8, 4) is 0 Å². The molecule has 3 rings (SSSR count). The van der Waals surface area contributed by atoms with Crippen molar-refractivity contribution in [2.75, 3.05) is 39.3 Å². The van der Waals surface area contributed by atoms with E-state index in [0.717, 1.165) is 44.4 Å². The summed E-state index contributed by atoms with van der Waals surface area (Å²) in [6, 6.07) is 10.8. The average molecular weight is 286 g/mol. The van der Waals surface area contributed by atoms with Gasteiger partial charge in [0.15, 0.2) is 5.96 Å². The number of rotatable bonds is 5.